The van der Waals surface area contributed by atoms with Crippen LogP contribution in [0, 0.1) is 0 Å². The number of hydrogen-bond acceptors (Lipinski definition) is 6. The number of hydrogen-bond donors (Lipinski definition) is 1. The molecular weight excluding hydrogens is 344 g/mol. The van der Waals surface area contributed by atoms with Gasteiger partial charge in [0.2, 0.25) is 12.7 Å². The largest absolute Gasteiger partial charge is 0.481 e. The molecule has 0 fully saturated rings. The van der Waals surface area contributed by atoms with E-state index < -0.39 is 0 Å². The molecular formula is C20H20N4O3. The van der Waals surface area contributed by atoms with Crippen molar-refractivity contribution in [3.05, 3.63) is 53.3 Å². The van der Waals surface area contributed by atoms with Crippen molar-refractivity contribution >= 4 is 0 Å². The van der Waals surface area contributed by atoms with Gasteiger partial charge in [-0.25, -0.2) is 4.98 Å². The Morgan fingerprint density at radius 1 is 1.19 bits per heavy atom. The number of ether oxygens (including phenoxy) is 3. The van der Waals surface area contributed by atoms with Gasteiger partial charge in [0.15, 0.2) is 11.5 Å². The van der Waals surface area contributed by atoms with Gasteiger partial charge < -0.3 is 14.2 Å². The molecule has 2 aromatic heterocycles. The van der Waals surface area contributed by atoms with E-state index in [0.29, 0.717) is 5.88 Å². The van der Waals surface area contributed by atoms with Crippen molar-refractivity contribution in [2.24, 2.45) is 0 Å². The van der Waals surface area contributed by atoms with E-state index in [1.807, 2.05) is 30.5 Å². The maximum Gasteiger partial charge on any atom is 0.231 e. The van der Waals surface area contributed by atoms with Crippen LogP contribution in [0.1, 0.15) is 16.8 Å². The van der Waals surface area contributed by atoms with Gasteiger partial charge in [-0.1, -0.05) is 6.07 Å². The van der Waals surface area contributed by atoms with E-state index in [1.165, 1.54) is 16.8 Å². The first kappa shape index (κ1) is 16.1. The molecule has 0 aliphatic carbocycles. The molecule has 0 radical (unpaired) electrons. The minimum Gasteiger partial charge on any atom is -0.481 e. The first-order valence-corrected chi connectivity index (χ1v) is 8.97. The maximum atomic E-state index is 5.51. The summed E-state index contributed by atoms with van der Waals surface area (Å²) in [7, 11) is 1.63. The lowest BCUT2D eigenvalue weighted by Crippen LogP contribution is -2.30. The molecule has 0 spiro atoms. The number of aromatic nitrogens is 3. The second kappa shape index (κ2) is 6.59. The number of methoxy groups -OCH3 is 1. The van der Waals surface area contributed by atoms with E-state index in [4.69, 9.17) is 14.2 Å². The molecule has 1 N–H and O–H groups in total. The van der Waals surface area contributed by atoms with Crippen LogP contribution in [0.4, 0.5) is 0 Å². The van der Waals surface area contributed by atoms with Crippen LogP contribution in [0.15, 0.2) is 36.5 Å². The summed E-state index contributed by atoms with van der Waals surface area (Å²) in [4.78, 5) is 6.72. The van der Waals surface area contributed by atoms with Crippen molar-refractivity contribution in [2.45, 2.75) is 19.5 Å². The van der Waals surface area contributed by atoms with Gasteiger partial charge >= 0.3 is 0 Å². The number of pyridine rings is 1. The zero-order chi connectivity index (χ0) is 18.2. The highest BCUT2D eigenvalue weighted by Crippen LogP contribution is 2.37. The standard InChI is InChI=1S/C20H20N4O3/c1-25-19-5-2-13(9-21-19)10-24-7-6-16-15(11-24)20(23-22-16)14-3-4-17-18(8-14)27-12-26-17/h2-5,8-9H,6-7,10-12H2,1H3,(H,22,23). The number of benzene rings is 1. The lowest BCUT2D eigenvalue weighted by Gasteiger charge is -2.27. The molecule has 0 atom stereocenters. The summed E-state index contributed by atoms with van der Waals surface area (Å²) >= 11 is 0. The van der Waals surface area contributed by atoms with E-state index in [-0.39, 0.29) is 6.79 Å². The molecule has 138 valence electrons. The predicted molar refractivity (Wildman–Crippen MR) is 98.8 cm³/mol. The highest BCUT2D eigenvalue weighted by atomic mass is 16.7. The Bertz CT molecular complexity index is 968. The summed E-state index contributed by atoms with van der Waals surface area (Å²) in [5.74, 6) is 2.21. The van der Waals surface area contributed by atoms with E-state index >= 15 is 0 Å². The Morgan fingerprint density at radius 3 is 2.96 bits per heavy atom. The highest BCUT2D eigenvalue weighted by Gasteiger charge is 2.24. The Balaban J connectivity index is 1.38. The summed E-state index contributed by atoms with van der Waals surface area (Å²) in [5, 5.41) is 7.80. The fourth-order valence-electron chi connectivity index (χ4n) is 3.65. The lowest BCUT2D eigenvalue weighted by atomic mass is 10.0. The minimum absolute atomic E-state index is 0.279. The summed E-state index contributed by atoms with van der Waals surface area (Å²) in [6.07, 6.45) is 2.83. The zero-order valence-electron chi connectivity index (χ0n) is 15.1. The van der Waals surface area contributed by atoms with Crippen LogP contribution in [-0.4, -0.2) is 40.5 Å². The molecule has 27 heavy (non-hydrogen) atoms. The number of H-pyrrole nitrogens is 1. The number of fused-ring (bicyclic) bond motifs is 2. The van der Waals surface area contributed by atoms with E-state index in [2.05, 4.69) is 26.1 Å². The van der Waals surface area contributed by atoms with Crippen LogP contribution in [0.2, 0.25) is 0 Å². The topological polar surface area (TPSA) is 72.5 Å². The third-order valence-electron chi connectivity index (χ3n) is 5.07. The van der Waals surface area contributed by atoms with Gasteiger partial charge in [-0.3, -0.25) is 10.00 Å². The Kier molecular flexibility index (Phi) is 3.94. The van der Waals surface area contributed by atoms with Crippen LogP contribution in [0.25, 0.3) is 11.3 Å². The monoisotopic (exact) mass is 364 g/mol. The Labute approximate surface area is 156 Å². The normalized spacial score (nSPS) is 15.6. The summed E-state index contributed by atoms with van der Waals surface area (Å²) in [6, 6.07) is 9.96. The first-order chi connectivity index (χ1) is 13.3. The van der Waals surface area contributed by atoms with E-state index in [9.17, 15) is 0 Å². The van der Waals surface area contributed by atoms with Gasteiger partial charge in [-0.15, -0.1) is 0 Å². The van der Waals surface area contributed by atoms with Crippen LogP contribution in [0.3, 0.4) is 0 Å². The van der Waals surface area contributed by atoms with Gasteiger partial charge in [-0.05, 0) is 23.8 Å². The van der Waals surface area contributed by atoms with Crippen molar-refractivity contribution in [1.82, 2.24) is 20.1 Å². The fraction of sp³-hybridized carbons (Fsp3) is 0.300. The third kappa shape index (κ3) is 3.00. The number of rotatable bonds is 4. The molecule has 7 nitrogen and oxygen atoms in total. The van der Waals surface area contributed by atoms with Gasteiger partial charge in [0.1, 0.15) is 0 Å². The molecule has 1 aromatic carbocycles. The smallest absolute Gasteiger partial charge is 0.231 e. The molecule has 5 rings (SSSR count). The Morgan fingerprint density at radius 2 is 2.11 bits per heavy atom. The van der Waals surface area contributed by atoms with Gasteiger partial charge in [0.05, 0.1) is 12.8 Å². The summed E-state index contributed by atoms with van der Waals surface area (Å²) in [6.45, 7) is 2.97. The second-order valence-corrected chi connectivity index (χ2v) is 6.77. The van der Waals surface area contributed by atoms with Crippen LogP contribution in [-0.2, 0) is 19.5 Å². The summed E-state index contributed by atoms with van der Waals surface area (Å²) in [5.41, 5.74) is 5.67. The number of nitrogens with one attached hydrogen (secondary N) is 1. The van der Waals surface area contributed by atoms with Crippen molar-refractivity contribution in [3.8, 4) is 28.6 Å². The third-order valence-corrected chi connectivity index (χ3v) is 5.07. The van der Waals surface area contributed by atoms with Crippen LogP contribution >= 0.6 is 0 Å². The molecule has 2 aliphatic rings. The molecule has 0 amide bonds. The van der Waals surface area contributed by atoms with Gasteiger partial charge in [0.25, 0.3) is 0 Å². The maximum absolute atomic E-state index is 5.51. The van der Waals surface area contributed by atoms with Gasteiger partial charge in [0, 0.05) is 55.1 Å². The quantitative estimate of drug-likeness (QED) is 0.767. The average Bonchev–Trinajstić information content (AvgIpc) is 3.34. The molecule has 2 aliphatic heterocycles. The highest BCUT2D eigenvalue weighted by molar-refractivity contribution is 5.68. The van der Waals surface area contributed by atoms with Crippen molar-refractivity contribution < 1.29 is 14.2 Å². The fourth-order valence-corrected chi connectivity index (χ4v) is 3.65. The van der Waals surface area contributed by atoms with E-state index in [0.717, 1.165) is 48.8 Å². The molecule has 0 bridgehead atoms. The van der Waals surface area contributed by atoms with Crippen molar-refractivity contribution in [2.75, 3.05) is 20.4 Å². The number of nitrogens with zero attached hydrogens (tertiary/aromatic N) is 3. The molecule has 3 aromatic rings. The summed E-state index contributed by atoms with van der Waals surface area (Å²) < 4.78 is 16.1. The Hall–Kier alpha value is -3.06. The minimum atomic E-state index is 0.279. The molecule has 7 heteroatoms. The lowest BCUT2D eigenvalue weighted by molar-refractivity contribution is 0.174. The molecule has 0 saturated heterocycles. The van der Waals surface area contributed by atoms with Crippen molar-refractivity contribution in [1.29, 1.82) is 0 Å². The predicted octanol–water partition coefficient (Wildman–Crippen LogP) is 2.77. The van der Waals surface area contributed by atoms with E-state index in [1.54, 1.807) is 7.11 Å². The first-order valence-electron chi connectivity index (χ1n) is 8.97. The van der Waals surface area contributed by atoms with Crippen molar-refractivity contribution in [3.63, 3.8) is 0 Å². The molecule has 0 unspecified atom stereocenters. The van der Waals surface area contributed by atoms with Crippen LogP contribution in [0.5, 0.6) is 17.4 Å². The van der Waals surface area contributed by atoms with Crippen LogP contribution < -0.4 is 14.2 Å². The zero-order valence-corrected chi connectivity index (χ0v) is 15.1. The molecule has 0 saturated carbocycles. The second-order valence-electron chi connectivity index (χ2n) is 6.77. The average molecular weight is 364 g/mol. The SMILES string of the molecule is COc1ccc(CN2CCc3[nH]nc(-c4ccc5c(c4)OCO5)c3C2)cn1. The molecule has 4 heterocycles. The number of aromatic amines is 1. The van der Waals surface area contributed by atoms with Gasteiger partial charge in [-0.2, -0.15) is 5.10 Å².